The van der Waals surface area contributed by atoms with Crippen LogP contribution in [0.15, 0.2) is 286 Å². The zero-order valence-corrected chi connectivity index (χ0v) is 75.7. The Morgan fingerprint density at radius 2 is 0.892 bits per heavy atom. The van der Waals surface area contributed by atoms with Crippen molar-refractivity contribution >= 4 is 53.8 Å². The number of hydrogen-bond donors (Lipinski definition) is 0. The van der Waals surface area contributed by atoms with Gasteiger partial charge in [-0.15, -0.1) is 5.73 Å². The molecule has 7 aromatic carbocycles. The largest absolute Gasteiger partial charge is 0.497 e. The van der Waals surface area contributed by atoms with E-state index >= 15 is 0 Å². The number of benzene rings is 7. The molecule has 7 aromatic rings. The molecule has 3 aliphatic rings. The molecular formula is C90H111O18W3-3. The van der Waals surface area contributed by atoms with Gasteiger partial charge in [0, 0.05) is 92.4 Å². The number of esters is 8. The molecule has 0 aliphatic heterocycles. The fourth-order valence-corrected chi connectivity index (χ4v) is 8.14. The van der Waals surface area contributed by atoms with Crippen LogP contribution >= 0.6 is 0 Å². The minimum Gasteiger partial charge on any atom is -0.497 e. The fourth-order valence-electron chi connectivity index (χ4n) is 8.14. The number of para-hydroxylation sites is 2. The van der Waals surface area contributed by atoms with Crippen LogP contribution in [0.4, 0.5) is 0 Å². The first kappa shape index (κ1) is 117. The molecule has 3 aliphatic carbocycles. The Bertz CT molecular complexity index is 3660. The SMILES string of the molecule is C=C(C)C(=O)OC.C=C=CC(=O)OC.C=CC(=O)OC.COC(=O)/C=C/c1ccccc1.COC(=O)C#Cc1ccccc1.COC(=O)C1CC2C=CC1C2.COC(=O)C1CC=CCC1.COC(=O)c1ccccc1.COc1ccccc1.COc1ccccc1.Cc1ccccc1.Cc1ccccc1.[CH3-].[CH3-].[CH3-].[W].[W].[W]. The predicted molar refractivity (Wildman–Crippen MR) is 432 cm³/mol. The Labute approximate surface area is 704 Å². The Morgan fingerprint density at radius 1 is 0.468 bits per heavy atom. The van der Waals surface area contributed by atoms with Crippen molar-refractivity contribution in [3.8, 4) is 23.3 Å². The number of aryl methyl sites for hydroxylation is 2. The van der Waals surface area contributed by atoms with Gasteiger partial charge in [0.1, 0.15) is 11.5 Å². The van der Waals surface area contributed by atoms with E-state index in [2.05, 4.69) is 127 Å². The van der Waals surface area contributed by atoms with Crippen molar-refractivity contribution in [2.24, 2.45) is 23.7 Å². The van der Waals surface area contributed by atoms with Crippen molar-refractivity contribution in [3.05, 3.63) is 336 Å². The van der Waals surface area contributed by atoms with Gasteiger partial charge < -0.3 is 69.6 Å². The molecular weight excluding hydrogens is 1920 g/mol. The van der Waals surface area contributed by atoms with Crippen molar-refractivity contribution < 1.29 is 149 Å². The molecule has 0 aromatic heterocycles. The van der Waals surface area contributed by atoms with Gasteiger partial charge in [0.2, 0.25) is 0 Å². The van der Waals surface area contributed by atoms with Gasteiger partial charge in [0.25, 0.3) is 0 Å². The average molecular weight is 2030 g/mol. The Balaban J connectivity index is -0.000000174. The third kappa shape index (κ3) is 64.3. The molecule has 0 saturated heterocycles. The van der Waals surface area contributed by atoms with E-state index in [-0.39, 0.29) is 127 Å². The number of hydrogen-bond acceptors (Lipinski definition) is 18. The van der Waals surface area contributed by atoms with Gasteiger partial charge >= 0.3 is 47.8 Å². The molecule has 4 unspecified atom stereocenters. The Kier molecular flexibility index (Phi) is 83.2. The van der Waals surface area contributed by atoms with Crippen LogP contribution in [0.2, 0.25) is 0 Å². The van der Waals surface area contributed by atoms with Crippen molar-refractivity contribution in [2.45, 2.75) is 52.9 Å². The summed E-state index contributed by atoms with van der Waals surface area (Å²) in [6, 6.07) is 67.6. The molecule has 0 spiro atoms. The van der Waals surface area contributed by atoms with Gasteiger partial charge in [-0.2, -0.15) is 0 Å². The maximum atomic E-state index is 11.1. The standard InChI is InChI=1S/C10H10O2.C10H8O2.C9H12O2.C8H12O2.C8H8O2.2C7H8O.2C7H8.C5H8O2.C5H6O2.C4H6O2.3CH3.3W/c2*1-12-10(11)8-7-9-5-3-2-4-6-9;1-11-9(10)8-5-6-2-3-7(8)4-6;2*1-10-8(9)7-5-3-2-4-6-7;2*1-8-7-5-3-2-4-6-7;2*1-7-5-3-2-4-6-7;1-4(2)5(6)7-3;1-3-4-5(6)7-2;1-3-4(5)6-2;;;;;;/h2-8H,1H3;2-6H,1H3;2-3,6-8H,4-5H2,1H3;2-3,7H,4-6H2,1H3;2-6H,1H3;2*2-6H,1H3;2*2-6H,1H3;1H2,2-3H3;4H,1H2,2H3;3H,1H2,2H3;3*1H3;;;/q;;;;;;;;;;;;3*-1;;;/b8-7+;;;;;;;;;;;;;;;;;. The minimum atomic E-state index is -0.515. The second-order valence-electron chi connectivity index (χ2n) is 21.4. The van der Waals surface area contributed by atoms with E-state index in [9.17, 15) is 38.4 Å². The molecule has 0 heterocycles. The van der Waals surface area contributed by atoms with Crippen molar-refractivity contribution in [1.82, 2.24) is 0 Å². The molecule has 4 atom stereocenters. The normalized spacial score (nSPS) is 12.5. The Hall–Kier alpha value is -10.3. The van der Waals surface area contributed by atoms with E-state index in [1.165, 1.54) is 80.5 Å². The van der Waals surface area contributed by atoms with E-state index in [0.717, 1.165) is 60.5 Å². The summed E-state index contributed by atoms with van der Waals surface area (Å²) in [6.07, 6.45) is 18.9. The fraction of sp³-hybridized carbons (Fsp3) is 0.244. The molecule has 10 rings (SSSR count). The summed E-state index contributed by atoms with van der Waals surface area (Å²) in [5, 5.41) is 0. The summed E-state index contributed by atoms with van der Waals surface area (Å²) in [4.78, 5) is 84.2. The molecule has 600 valence electrons. The van der Waals surface area contributed by atoms with Crippen LogP contribution in [0.1, 0.15) is 71.6 Å². The molecule has 0 N–H and O–H groups in total. The van der Waals surface area contributed by atoms with Gasteiger partial charge in [0.15, 0.2) is 0 Å². The molecule has 0 radical (unpaired) electrons. The van der Waals surface area contributed by atoms with Gasteiger partial charge in [-0.25, -0.2) is 28.8 Å². The van der Waals surface area contributed by atoms with Crippen LogP contribution in [-0.2, 0) is 135 Å². The number of carbonyl (C=O) groups is 8. The monoisotopic (exact) mass is 2030 g/mol. The van der Waals surface area contributed by atoms with Crippen LogP contribution < -0.4 is 9.47 Å². The summed E-state index contributed by atoms with van der Waals surface area (Å²) >= 11 is 0. The van der Waals surface area contributed by atoms with Crippen LogP contribution in [0.3, 0.4) is 0 Å². The van der Waals surface area contributed by atoms with Crippen molar-refractivity contribution in [2.75, 3.05) is 71.1 Å². The zero-order valence-electron chi connectivity index (χ0n) is 66.9. The summed E-state index contributed by atoms with van der Waals surface area (Å²) in [6.45, 7) is 15.4. The maximum Gasteiger partial charge on any atom is 0.384 e. The number of ether oxygens (including phenoxy) is 10. The average Bonchev–Trinajstić information content (AvgIpc) is 1.67. The molecule has 18 nitrogen and oxygen atoms in total. The van der Waals surface area contributed by atoms with Crippen molar-refractivity contribution in [3.63, 3.8) is 0 Å². The minimum absolute atomic E-state index is 0. The molecule has 1 fully saturated rings. The predicted octanol–water partition coefficient (Wildman–Crippen LogP) is 17.7. The first-order valence-corrected chi connectivity index (χ1v) is 32.8. The number of rotatable bonds is 10. The summed E-state index contributed by atoms with van der Waals surface area (Å²) < 4.78 is 45.1. The first-order valence-electron chi connectivity index (χ1n) is 32.8. The van der Waals surface area contributed by atoms with Gasteiger partial charge in [-0.3, -0.25) is 9.59 Å². The van der Waals surface area contributed by atoms with Crippen molar-refractivity contribution in [1.29, 1.82) is 0 Å². The molecule has 0 amide bonds. The Morgan fingerprint density at radius 3 is 1.17 bits per heavy atom. The van der Waals surface area contributed by atoms with Crippen LogP contribution in [-0.4, -0.2) is 119 Å². The van der Waals surface area contributed by atoms with E-state index < -0.39 is 17.9 Å². The molecule has 21 heteroatoms. The second-order valence-corrected chi connectivity index (χ2v) is 21.4. The summed E-state index contributed by atoms with van der Waals surface area (Å²) in [5.41, 5.74) is 7.73. The van der Waals surface area contributed by atoms with Crippen LogP contribution in [0, 0.1) is 71.6 Å². The van der Waals surface area contributed by atoms with Gasteiger partial charge in [-0.05, 0) is 125 Å². The number of carbonyl (C=O) groups excluding carboxylic acids is 8. The quantitative estimate of drug-likeness (QED) is 0.0236. The van der Waals surface area contributed by atoms with Gasteiger partial charge in [-0.1, -0.05) is 225 Å². The van der Waals surface area contributed by atoms with Gasteiger partial charge in [0.05, 0.1) is 94.6 Å². The third-order valence-electron chi connectivity index (χ3n) is 13.6. The summed E-state index contributed by atoms with van der Waals surface area (Å²) in [5.74, 6) is 5.85. The first-order chi connectivity index (χ1) is 50.6. The summed E-state index contributed by atoms with van der Waals surface area (Å²) in [7, 11) is 14.2. The number of allylic oxidation sites excluding steroid dienone is 4. The van der Waals surface area contributed by atoms with E-state index in [1.54, 1.807) is 51.5 Å². The van der Waals surface area contributed by atoms with E-state index in [0.29, 0.717) is 23.0 Å². The third-order valence-corrected chi connectivity index (χ3v) is 13.6. The van der Waals surface area contributed by atoms with Crippen LogP contribution in [0.25, 0.3) is 6.08 Å². The van der Waals surface area contributed by atoms with E-state index in [1.807, 2.05) is 170 Å². The number of methoxy groups -OCH3 is 10. The topological polar surface area (TPSA) is 229 Å². The van der Waals surface area contributed by atoms with Crippen LogP contribution in [0.5, 0.6) is 11.5 Å². The number of fused-ring (bicyclic) bond motifs is 2. The zero-order chi connectivity index (χ0) is 78.7. The molecule has 2 bridgehead atoms. The molecule has 1 saturated carbocycles. The second kappa shape index (κ2) is 79.3. The molecule has 111 heavy (non-hydrogen) atoms. The maximum absolute atomic E-state index is 11.1. The van der Waals surface area contributed by atoms with E-state index in [4.69, 9.17) is 14.2 Å². The smallest absolute Gasteiger partial charge is 0.384 e.